The lowest BCUT2D eigenvalue weighted by atomic mass is 10.0. The van der Waals surface area contributed by atoms with E-state index < -0.39 is 0 Å². The van der Waals surface area contributed by atoms with Crippen molar-refractivity contribution in [1.82, 2.24) is 0 Å². The Labute approximate surface area is 85.2 Å². The number of hydrogen-bond acceptors (Lipinski definition) is 0. The zero-order valence-corrected chi connectivity index (χ0v) is 8.93. The van der Waals surface area contributed by atoms with E-state index in [1.807, 2.05) is 12.1 Å². The van der Waals surface area contributed by atoms with Crippen molar-refractivity contribution in [3.05, 3.63) is 42.0 Å². The highest BCUT2D eigenvalue weighted by atomic mass is 35.5. The normalized spacial score (nSPS) is 10.5. The minimum Gasteiger partial charge on any atom is -0.0843 e. The van der Waals surface area contributed by atoms with Gasteiger partial charge in [0.1, 0.15) is 0 Å². The second kappa shape index (κ2) is 4.48. The Morgan fingerprint density at radius 3 is 2.23 bits per heavy atom. The highest BCUT2D eigenvalue weighted by Gasteiger charge is 1.98. The van der Waals surface area contributed by atoms with Gasteiger partial charge in [0.05, 0.1) is 0 Å². The van der Waals surface area contributed by atoms with E-state index in [4.69, 9.17) is 11.6 Å². The van der Waals surface area contributed by atoms with Crippen molar-refractivity contribution < 1.29 is 0 Å². The van der Waals surface area contributed by atoms with Gasteiger partial charge < -0.3 is 0 Å². The lowest BCUT2D eigenvalue weighted by molar-refractivity contribution is 0.647. The first kappa shape index (κ1) is 10.3. The van der Waals surface area contributed by atoms with E-state index in [1.54, 1.807) is 0 Å². The molecule has 0 atom stereocenters. The fourth-order valence-corrected chi connectivity index (χ4v) is 1.42. The van der Waals surface area contributed by atoms with Crippen LogP contribution in [-0.2, 0) is 6.42 Å². The Morgan fingerprint density at radius 2 is 1.85 bits per heavy atom. The van der Waals surface area contributed by atoms with E-state index >= 15 is 0 Å². The summed E-state index contributed by atoms with van der Waals surface area (Å²) < 4.78 is 0. The summed E-state index contributed by atoms with van der Waals surface area (Å²) in [5.74, 6) is 0.699. The van der Waals surface area contributed by atoms with Crippen molar-refractivity contribution in [2.45, 2.75) is 20.3 Å². The van der Waals surface area contributed by atoms with Gasteiger partial charge in [-0.25, -0.2) is 0 Å². The first-order valence-corrected chi connectivity index (χ1v) is 4.91. The van der Waals surface area contributed by atoms with Crippen LogP contribution in [0, 0.1) is 5.92 Å². The molecule has 0 aliphatic heterocycles. The average molecular weight is 195 g/mol. The molecule has 1 aromatic carbocycles. The van der Waals surface area contributed by atoms with Gasteiger partial charge in [-0.1, -0.05) is 56.3 Å². The van der Waals surface area contributed by atoms with Crippen LogP contribution in [0.2, 0.25) is 0 Å². The molecule has 0 radical (unpaired) electrons. The van der Waals surface area contributed by atoms with Gasteiger partial charge in [-0.05, 0) is 23.5 Å². The molecule has 0 heterocycles. The molecule has 0 spiro atoms. The zero-order chi connectivity index (χ0) is 9.84. The number of rotatable bonds is 3. The van der Waals surface area contributed by atoms with Crippen LogP contribution in [0.1, 0.15) is 25.0 Å². The molecule has 0 amide bonds. The number of halogens is 1. The molecule has 0 fully saturated rings. The molecule has 0 aromatic heterocycles. The van der Waals surface area contributed by atoms with E-state index in [2.05, 4.69) is 32.6 Å². The summed E-state index contributed by atoms with van der Waals surface area (Å²) in [5.41, 5.74) is 2.37. The van der Waals surface area contributed by atoms with Gasteiger partial charge in [-0.15, -0.1) is 0 Å². The molecule has 1 aromatic rings. The van der Waals surface area contributed by atoms with Crippen LogP contribution in [0.3, 0.4) is 0 Å². The van der Waals surface area contributed by atoms with Crippen molar-refractivity contribution >= 4 is 16.6 Å². The van der Waals surface area contributed by atoms with E-state index in [-0.39, 0.29) is 0 Å². The van der Waals surface area contributed by atoms with Crippen molar-refractivity contribution in [3.8, 4) is 0 Å². The fourth-order valence-electron chi connectivity index (χ4n) is 1.29. The molecule has 70 valence electrons. The van der Waals surface area contributed by atoms with Crippen LogP contribution in [-0.4, -0.2) is 0 Å². The van der Waals surface area contributed by atoms with Gasteiger partial charge in [-0.2, -0.15) is 0 Å². The predicted octanol–water partition coefficient (Wildman–Crippen LogP) is 4.09. The summed E-state index contributed by atoms with van der Waals surface area (Å²) >= 11 is 5.77. The fraction of sp³-hybridized carbons (Fsp3) is 0.333. The average Bonchev–Trinajstić information content (AvgIpc) is 2.04. The lowest BCUT2D eigenvalue weighted by Gasteiger charge is -2.05. The second-order valence-corrected chi connectivity index (χ2v) is 4.16. The first-order chi connectivity index (χ1) is 6.09. The van der Waals surface area contributed by atoms with Crippen LogP contribution in [0.25, 0.3) is 5.03 Å². The van der Waals surface area contributed by atoms with Gasteiger partial charge >= 0.3 is 0 Å². The van der Waals surface area contributed by atoms with Crippen molar-refractivity contribution in [3.63, 3.8) is 0 Å². The summed E-state index contributed by atoms with van der Waals surface area (Å²) in [6, 6.07) is 8.27. The van der Waals surface area contributed by atoms with Crippen LogP contribution in [0.4, 0.5) is 0 Å². The first-order valence-electron chi connectivity index (χ1n) is 4.53. The summed E-state index contributed by atoms with van der Waals surface area (Å²) in [5, 5.41) is 0.607. The van der Waals surface area contributed by atoms with Crippen LogP contribution in [0.15, 0.2) is 30.8 Å². The smallest absolute Gasteiger partial charge is 0.0406 e. The quantitative estimate of drug-likeness (QED) is 0.680. The highest BCUT2D eigenvalue weighted by Crippen LogP contribution is 2.17. The molecular weight excluding hydrogens is 180 g/mol. The summed E-state index contributed by atoms with van der Waals surface area (Å²) in [6.07, 6.45) is 1.12. The molecule has 0 nitrogen and oxygen atoms in total. The van der Waals surface area contributed by atoms with Gasteiger partial charge in [0.15, 0.2) is 0 Å². The topological polar surface area (TPSA) is 0 Å². The van der Waals surface area contributed by atoms with Crippen LogP contribution in [0.5, 0.6) is 0 Å². The third-order valence-electron chi connectivity index (χ3n) is 1.91. The Kier molecular flexibility index (Phi) is 3.56. The highest BCUT2D eigenvalue weighted by molar-refractivity contribution is 6.48. The molecular formula is C12H15Cl. The maximum Gasteiger partial charge on any atom is 0.0406 e. The summed E-state index contributed by atoms with van der Waals surface area (Å²) in [7, 11) is 0. The minimum atomic E-state index is 0.607. The summed E-state index contributed by atoms with van der Waals surface area (Å²) in [4.78, 5) is 0. The molecule has 0 bridgehead atoms. The van der Waals surface area contributed by atoms with Gasteiger partial charge in [0.25, 0.3) is 0 Å². The predicted molar refractivity (Wildman–Crippen MR) is 59.9 cm³/mol. The van der Waals surface area contributed by atoms with Crippen LogP contribution >= 0.6 is 11.6 Å². The molecule has 0 saturated heterocycles. The maximum atomic E-state index is 5.77. The van der Waals surface area contributed by atoms with Crippen molar-refractivity contribution in [2.75, 3.05) is 0 Å². The summed E-state index contributed by atoms with van der Waals surface area (Å²) in [6.45, 7) is 8.11. The SMILES string of the molecule is C=C(Cl)c1ccc(CC(C)C)cc1. The number of hydrogen-bond donors (Lipinski definition) is 0. The van der Waals surface area contributed by atoms with E-state index in [0.29, 0.717) is 11.0 Å². The molecule has 0 N–H and O–H groups in total. The molecule has 0 saturated carbocycles. The Hall–Kier alpha value is -0.750. The van der Waals surface area contributed by atoms with Crippen LogP contribution < -0.4 is 0 Å². The zero-order valence-electron chi connectivity index (χ0n) is 8.18. The Morgan fingerprint density at radius 1 is 1.31 bits per heavy atom. The maximum absolute atomic E-state index is 5.77. The molecule has 0 unspecified atom stereocenters. The molecule has 13 heavy (non-hydrogen) atoms. The molecule has 1 heteroatoms. The third-order valence-corrected chi connectivity index (χ3v) is 2.13. The standard InChI is InChI=1S/C12H15Cl/c1-9(2)8-11-4-6-12(7-5-11)10(3)13/h4-7,9H,3,8H2,1-2H3. The van der Waals surface area contributed by atoms with Crippen molar-refractivity contribution in [1.29, 1.82) is 0 Å². The largest absolute Gasteiger partial charge is 0.0843 e. The van der Waals surface area contributed by atoms with Gasteiger partial charge in [0.2, 0.25) is 0 Å². The lowest BCUT2D eigenvalue weighted by Crippen LogP contribution is -1.93. The van der Waals surface area contributed by atoms with E-state index in [1.165, 1.54) is 5.56 Å². The third kappa shape index (κ3) is 3.23. The number of benzene rings is 1. The van der Waals surface area contributed by atoms with E-state index in [0.717, 1.165) is 12.0 Å². The van der Waals surface area contributed by atoms with Gasteiger partial charge in [-0.3, -0.25) is 0 Å². The van der Waals surface area contributed by atoms with E-state index in [9.17, 15) is 0 Å². The molecule has 1 rings (SSSR count). The van der Waals surface area contributed by atoms with Gasteiger partial charge in [0, 0.05) is 5.03 Å². The van der Waals surface area contributed by atoms with Crippen molar-refractivity contribution in [2.24, 2.45) is 5.92 Å². The molecule has 0 aliphatic rings. The molecule has 0 aliphatic carbocycles. The minimum absolute atomic E-state index is 0.607. The Balaban J connectivity index is 2.75. The second-order valence-electron chi connectivity index (χ2n) is 3.70. The Bertz CT molecular complexity index is 282. The monoisotopic (exact) mass is 194 g/mol.